The number of methoxy groups -OCH3 is 1. The van der Waals surface area contributed by atoms with Crippen LogP contribution >= 0.6 is 0 Å². The lowest BCUT2D eigenvalue weighted by Gasteiger charge is -2.27. The molecule has 1 unspecified atom stereocenters. The topological polar surface area (TPSA) is 35.5 Å². The molecule has 0 saturated carbocycles. The maximum absolute atomic E-state index is 10.7. The van der Waals surface area contributed by atoms with Gasteiger partial charge in [-0.15, -0.1) is 0 Å². The molecule has 0 fully saturated rings. The molecule has 0 spiro atoms. The Morgan fingerprint density at radius 1 is 1.50 bits per heavy atom. The van der Waals surface area contributed by atoms with Crippen LogP contribution in [-0.4, -0.2) is 25.3 Å². The summed E-state index contributed by atoms with van der Waals surface area (Å²) in [4.78, 5) is 10.7. The van der Waals surface area contributed by atoms with Gasteiger partial charge in [0.15, 0.2) is 5.79 Å². The van der Waals surface area contributed by atoms with Crippen molar-refractivity contribution in [2.24, 2.45) is 0 Å². The van der Waals surface area contributed by atoms with Crippen molar-refractivity contribution in [2.75, 3.05) is 7.11 Å². The number of ether oxygens (including phenoxy) is 2. The average Bonchev–Trinajstić information content (AvgIpc) is 2.16. The fourth-order valence-electron chi connectivity index (χ4n) is 0.965. The zero-order valence-corrected chi connectivity index (χ0v) is 9.66. The molecule has 1 atom stereocenters. The number of allylic oxidation sites excluding steroid dienone is 1. The Morgan fingerprint density at radius 3 is 2.43 bits per heavy atom. The SMILES string of the molecule is C/C=C(/C)CC(C=O)OC(C)(C)OC. The van der Waals surface area contributed by atoms with Crippen LogP contribution in [-0.2, 0) is 14.3 Å². The molecular weight excluding hydrogens is 180 g/mol. The van der Waals surface area contributed by atoms with Crippen LogP contribution in [0.5, 0.6) is 0 Å². The Bertz CT molecular complexity index is 207. The van der Waals surface area contributed by atoms with Gasteiger partial charge in [0.1, 0.15) is 12.4 Å². The zero-order chi connectivity index (χ0) is 11.2. The van der Waals surface area contributed by atoms with Gasteiger partial charge in [0.2, 0.25) is 0 Å². The first-order chi connectivity index (χ1) is 6.45. The second-order valence-corrected chi connectivity index (χ2v) is 3.74. The summed E-state index contributed by atoms with van der Waals surface area (Å²) in [7, 11) is 1.56. The van der Waals surface area contributed by atoms with Crippen molar-refractivity contribution in [3.05, 3.63) is 11.6 Å². The Labute approximate surface area is 86.1 Å². The van der Waals surface area contributed by atoms with E-state index in [1.165, 1.54) is 0 Å². The molecule has 0 amide bonds. The molecule has 0 N–H and O–H groups in total. The van der Waals surface area contributed by atoms with E-state index in [0.717, 1.165) is 11.9 Å². The summed E-state index contributed by atoms with van der Waals surface area (Å²) in [6.07, 6.45) is 2.97. The van der Waals surface area contributed by atoms with E-state index in [1.54, 1.807) is 21.0 Å². The van der Waals surface area contributed by atoms with E-state index in [2.05, 4.69) is 0 Å². The minimum absolute atomic E-state index is 0.429. The van der Waals surface area contributed by atoms with Crippen molar-refractivity contribution < 1.29 is 14.3 Å². The highest BCUT2D eigenvalue weighted by Gasteiger charge is 2.22. The molecule has 14 heavy (non-hydrogen) atoms. The van der Waals surface area contributed by atoms with Crippen molar-refractivity contribution in [3.8, 4) is 0 Å². The maximum Gasteiger partial charge on any atom is 0.163 e. The largest absolute Gasteiger partial charge is 0.354 e. The molecule has 0 bridgehead atoms. The van der Waals surface area contributed by atoms with Crippen LogP contribution in [0.1, 0.15) is 34.1 Å². The molecule has 0 saturated heterocycles. The molecule has 0 aliphatic rings. The van der Waals surface area contributed by atoms with Gasteiger partial charge in [-0.1, -0.05) is 11.6 Å². The second kappa shape index (κ2) is 5.94. The van der Waals surface area contributed by atoms with Crippen molar-refractivity contribution in [1.29, 1.82) is 0 Å². The maximum atomic E-state index is 10.7. The van der Waals surface area contributed by atoms with Gasteiger partial charge in [0, 0.05) is 13.5 Å². The summed E-state index contributed by atoms with van der Waals surface area (Å²) >= 11 is 0. The summed E-state index contributed by atoms with van der Waals surface area (Å²) in [5, 5.41) is 0. The molecule has 3 nitrogen and oxygen atoms in total. The van der Waals surface area contributed by atoms with E-state index < -0.39 is 11.9 Å². The number of rotatable bonds is 6. The predicted molar refractivity (Wildman–Crippen MR) is 56.1 cm³/mol. The van der Waals surface area contributed by atoms with Crippen molar-refractivity contribution in [1.82, 2.24) is 0 Å². The molecular formula is C11H20O3. The summed E-state index contributed by atoms with van der Waals surface area (Å²) in [5.74, 6) is -0.709. The lowest BCUT2D eigenvalue weighted by Crippen LogP contribution is -2.33. The second-order valence-electron chi connectivity index (χ2n) is 3.74. The van der Waals surface area contributed by atoms with E-state index in [4.69, 9.17) is 9.47 Å². The quantitative estimate of drug-likeness (QED) is 0.375. The molecule has 0 aromatic rings. The highest BCUT2D eigenvalue weighted by Crippen LogP contribution is 2.16. The summed E-state index contributed by atoms with van der Waals surface area (Å²) < 4.78 is 10.6. The molecule has 0 aromatic carbocycles. The van der Waals surface area contributed by atoms with Crippen molar-refractivity contribution in [3.63, 3.8) is 0 Å². The minimum atomic E-state index is -0.709. The summed E-state index contributed by atoms with van der Waals surface area (Å²) in [6, 6.07) is 0. The van der Waals surface area contributed by atoms with Gasteiger partial charge in [-0.25, -0.2) is 0 Å². The first-order valence-corrected chi connectivity index (χ1v) is 4.75. The number of hydrogen-bond acceptors (Lipinski definition) is 3. The van der Waals surface area contributed by atoms with Gasteiger partial charge in [0.25, 0.3) is 0 Å². The van der Waals surface area contributed by atoms with Crippen LogP contribution in [0.15, 0.2) is 11.6 Å². The molecule has 82 valence electrons. The monoisotopic (exact) mass is 200 g/mol. The van der Waals surface area contributed by atoms with Gasteiger partial charge in [-0.05, 0) is 27.7 Å². The molecule has 0 aromatic heterocycles. The molecule has 0 aliphatic heterocycles. The molecule has 0 radical (unpaired) electrons. The fraction of sp³-hybridized carbons (Fsp3) is 0.727. The number of hydrogen-bond donors (Lipinski definition) is 0. The third-order valence-corrected chi connectivity index (χ3v) is 2.09. The summed E-state index contributed by atoms with van der Waals surface area (Å²) in [6.45, 7) is 7.49. The first-order valence-electron chi connectivity index (χ1n) is 4.75. The first kappa shape index (κ1) is 13.3. The van der Waals surface area contributed by atoms with Gasteiger partial charge < -0.3 is 14.3 Å². The van der Waals surface area contributed by atoms with Crippen LogP contribution in [0.2, 0.25) is 0 Å². The van der Waals surface area contributed by atoms with Crippen molar-refractivity contribution >= 4 is 6.29 Å². The van der Waals surface area contributed by atoms with E-state index in [1.807, 2.05) is 19.9 Å². The number of carbonyl (C=O) groups is 1. The Balaban J connectivity index is 4.23. The smallest absolute Gasteiger partial charge is 0.163 e. The van der Waals surface area contributed by atoms with Crippen LogP contribution < -0.4 is 0 Å². The highest BCUT2D eigenvalue weighted by molar-refractivity contribution is 5.56. The van der Waals surface area contributed by atoms with Crippen LogP contribution in [0.25, 0.3) is 0 Å². The van der Waals surface area contributed by atoms with E-state index in [-0.39, 0.29) is 0 Å². The third kappa shape index (κ3) is 5.14. The fourth-order valence-corrected chi connectivity index (χ4v) is 0.965. The lowest BCUT2D eigenvalue weighted by atomic mass is 10.1. The zero-order valence-electron chi connectivity index (χ0n) is 9.66. The van der Waals surface area contributed by atoms with E-state index in [9.17, 15) is 4.79 Å². The Morgan fingerprint density at radius 2 is 2.07 bits per heavy atom. The third-order valence-electron chi connectivity index (χ3n) is 2.09. The van der Waals surface area contributed by atoms with E-state index in [0.29, 0.717) is 6.42 Å². The van der Waals surface area contributed by atoms with Crippen LogP contribution in [0.3, 0.4) is 0 Å². The Hall–Kier alpha value is -0.670. The van der Waals surface area contributed by atoms with Gasteiger partial charge in [0.05, 0.1) is 0 Å². The highest BCUT2D eigenvalue weighted by atomic mass is 16.7. The predicted octanol–water partition coefficient (Wildman–Crippen LogP) is 2.31. The molecule has 3 heteroatoms. The lowest BCUT2D eigenvalue weighted by molar-refractivity contribution is -0.217. The van der Waals surface area contributed by atoms with Crippen LogP contribution in [0.4, 0.5) is 0 Å². The van der Waals surface area contributed by atoms with Crippen LogP contribution in [0, 0.1) is 0 Å². The van der Waals surface area contributed by atoms with Gasteiger partial charge in [-0.2, -0.15) is 0 Å². The van der Waals surface area contributed by atoms with Crippen molar-refractivity contribution in [2.45, 2.75) is 46.0 Å². The Kier molecular flexibility index (Phi) is 5.65. The molecule has 0 heterocycles. The molecule has 0 rings (SSSR count). The normalized spacial score (nSPS) is 15.4. The summed E-state index contributed by atoms with van der Waals surface area (Å²) in [5.41, 5.74) is 1.13. The minimum Gasteiger partial charge on any atom is -0.354 e. The molecule has 0 aliphatic carbocycles. The van der Waals surface area contributed by atoms with Gasteiger partial charge in [-0.3, -0.25) is 0 Å². The number of carbonyl (C=O) groups excluding carboxylic acids is 1. The van der Waals surface area contributed by atoms with E-state index >= 15 is 0 Å². The van der Waals surface area contributed by atoms with Gasteiger partial charge >= 0.3 is 0 Å². The number of aldehydes is 1. The average molecular weight is 200 g/mol. The standard InChI is InChI=1S/C11H20O3/c1-6-9(2)7-10(8-12)14-11(3,4)13-5/h6,8,10H,7H2,1-5H3/b9-6-.